The smallest absolute Gasteiger partial charge is 0.161 e. The van der Waals surface area contributed by atoms with Crippen molar-refractivity contribution in [3.05, 3.63) is 59.7 Å². The Kier molecular flexibility index (Phi) is 7.37. The minimum absolute atomic E-state index is 0. The summed E-state index contributed by atoms with van der Waals surface area (Å²) in [5.41, 5.74) is 2.38. The van der Waals surface area contributed by atoms with Crippen molar-refractivity contribution in [1.29, 1.82) is 0 Å². The van der Waals surface area contributed by atoms with Gasteiger partial charge in [0.15, 0.2) is 11.5 Å². The Morgan fingerprint density at radius 3 is 2.54 bits per heavy atom. The summed E-state index contributed by atoms with van der Waals surface area (Å²) in [6.07, 6.45) is 0. The highest BCUT2D eigenvalue weighted by Gasteiger charge is 2.16. The second-order valence-electron chi connectivity index (χ2n) is 5.62. The lowest BCUT2D eigenvalue weighted by molar-refractivity contribution is 0.268. The van der Waals surface area contributed by atoms with E-state index in [1.807, 2.05) is 31.2 Å². The first-order valence-corrected chi connectivity index (χ1v) is 8.24. The van der Waals surface area contributed by atoms with Gasteiger partial charge in [-0.15, -0.1) is 12.4 Å². The maximum absolute atomic E-state index is 5.96. The van der Waals surface area contributed by atoms with Crippen molar-refractivity contribution in [2.24, 2.45) is 0 Å². The van der Waals surface area contributed by atoms with Gasteiger partial charge in [0, 0.05) is 25.7 Å². The van der Waals surface area contributed by atoms with Crippen molar-refractivity contribution < 1.29 is 9.47 Å². The Labute approximate surface area is 150 Å². The molecule has 1 saturated heterocycles. The number of hydrogen-bond acceptors (Lipinski definition) is 4. The molecule has 1 aliphatic heterocycles. The van der Waals surface area contributed by atoms with Crippen molar-refractivity contribution in [2.75, 3.05) is 26.2 Å². The second kappa shape index (κ2) is 9.52. The van der Waals surface area contributed by atoms with Gasteiger partial charge in [-0.2, -0.15) is 0 Å². The molecule has 0 aromatic heterocycles. The standard InChI is InChI=1S/C19H24N2O2.ClH/c1-2-22-19-12-16(17-13-20-10-11-21-17)8-9-18(19)23-14-15-6-4-3-5-7-15;/h3-9,12,17,20-21H,2,10-11,13-14H2,1H3;1H/t17-;/m0./s1. The molecule has 5 heteroatoms. The molecule has 0 unspecified atom stereocenters. The molecule has 3 rings (SSSR count). The fraction of sp³-hybridized carbons (Fsp3) is 0.368. The first-order chi connectivity index (χ1) is 11.4. The molecule has 2 N–H and O–H groups in total. The second-order valence-corrected chi connectivity index (χ2v) is 5.62. The van der Waals surface area contributed by atoms with Crippen LogP contribution < -0.4 is 20.1 Å². The molecule has 1 heterocycles. The van der Waals surface area contributed by atoms with E-state index in [-0.39, 0.29) is 12.4 Å². The van der Waals surface area contributed by atoms with E-state index < -0.39 is 0 Å². The highest BCUT2D eigenvalue weighted by Crippen LogP contribution is 2.31. The molecule has 4 nitrogen and oxygen atoms in total. The predicted molar refractivity (Wildman–Crippen MR) is 99.2 cm³/mol. The van der Waals surface area contributed by atoms with Crippen LogP contribution in [0.25, 0.3) is 0 Å². The molecule has 1 atom stereocenters. The summed E-state index contributed by atoms with van der Waals surface area (Å²) in [5, 5.41) is 6.93. The number of ether oxygens (including phenoxy) is 2. The van der Waals surface area contributed by atoms with Crippen LogP contribution >= 0.6 is 12.4 Å². The van der Waals surface area contributed by atoms with Crippen LogP contribution in [0.5, 0.6) is 11.5 Å². The monoisotopic (exact) mass is 348 g/mol. The molecule has 0 bridgehead atoms. The molecule has 0 saturated carbocycles. The Hall–Kier alpha value is -1.75. The van der Waals surface area contributed by atoms with Crippen LogP contribution in [0, 0.1) is 0 Å². The molecule has 130 valence electrons. The highest BCUT2D eigenvalue weighted by molar-refractivity contribution is 5.85. The Bertz CT molecular complexity index is 616. The Balaban J connectivity index is 0.00000208. The minimum atomic E-state index is 0. The molecule has 0 amide bonds. The minimum Gasteiger partial charge on any atom is -0.490 e. The van der Waals surface area contributed by atoms with Crippen LogP contribution in [0.3, 0.4) is 0 Å². The molecule has 0 spiro atoms. The van der Waals surface area contributed by atoms with Crippen molar-refractivity contribution in [3.63, 3.8) is 0 Å². The highest BCUT2D eigenvalue weighted by atomic mass is 35.5. The first kappa shape index (κ1) is 18.6. The van der Waals surface area contributed by atoms with Crippen molar-refractivity contribution in [1.82, 2.24) is 10.6 Å². The average Bonchev–Trinajstić information content (AvgIpc) is 2.62. The van der Waals surface area contributed by atoms with E-state index in [1.165, 1.54) is 5.56 Å². The van der Waals surface area contributed by atoms with E-state index in [0.29, 0.717) is 19.3 Å². The van der Waals surface area contributed by atoms with E-state index in [1.54, 1.807) is 0 Å². The van der Waals surface area contributed by atoms with Crippen LogP contribution in [0.4, 0.5) is 0 Å². The van der Waals surface area contributed by atoms with Crippen LogP contribution in [0.1, 0.15) is 24.1 Å². The van der Waals surface area contributed by atoms with Gasteiger partial charge in [-0.25, -0.2) is 0 Å². The number of piperazine rings is 1. The summed E-state index contributed by atoms with van der Waals surface area (Å²) < 4.78 is 11.7. The zero-order valence-corrected chi connectivity index (χ0v) is 14.8. The quantitative estimate of drug-likeness (QED) is 0.840. The number of nitrogens with one attached hydrogen (secondary N) is 2. The van der Waals surface area contributed by atoms with Gasteiger partial charge in [0.25, 0.3) is 0 Å². The van der Waals surface area contributed by atoms with Gasteiger partial charge >= 0.3 is 0 Å². The average molecular weight is 349 g/mol. The third kappa shape index (κ3) is 4.87. The van der Waals surface area contributed by atoms with Gasteiger partial charge in [-0.3, -0.25) is 0 Å². The fourth-order valence-electron chi connectivity index (χ4n) is 2.75. The Morgan fingerprint density at radius 1 is 1.00 bits per heavy atom. The van der Waals surface area contributed by atoms with Gasteiger partial charge in [-0.1, -0.05) is 36.4 Å². The SMILES string of the molecule is CCOc1cc([C@@H]2CNCCN2)ccc1OCc1ccccc1.Cl. The molecular formula is C19H25ClN2O2. The Morgan fingerprint density at radius 2 is 1.83 bits per heavy atom. The van der Waals surface area contributed by atoms with Crippen LogP contribution in [-0.4, -0.2) is 26.2 Å². The zero-order chi connectivity index (χ0) is 15.9. The first-order valence-electron chi connectivity index (χ1n) is 8.24. The predicted octanol–water partition coefficient (Wildman–Crippen LogP) is 3.32. The van der Waals surface area contributed by atoms with Crippen LogP contribution in [-0.2, 0) is 6.61 Å². The summed E-state index contributed by atoms with van der Waals surface area (Å²) in [4.78, 5) is 0. The maximum atomic E-state index is 5.96. The van der Waals surface area contributed by atoms with Crippen molar-refractivity contribution in [3.8, 4) is 11.5 Å². The molecule has 1 aliphatic rings. The van der Waals surface area contributed by atoms with Crippen molar-refractivity contribution >= 4 is 12.4 Å². The van der Waals surface area contributed by atoms with E-state index >= 15 is 0 Å². The molecule has 0 radical (unpaired) electrons. The summed E-state index contributed by atoms with van der Waals surface area (Å²) >= 11 is 0. The maximum Gasteiger partial charge on any atom is 0.161 e. The van der Waals surface area contributed by atoms with Gasteiger partial charge < -0.3 is 20.1 Å². The number of rotatable bonds is 6. The van der Waals surface area contributed by atoms with Crippen LogP contribution in [0.2, 0.25) is 0 Å². The van der Waals surface area contributed by atoms with Gasteiger partial charge in [0.05, 0.1) is 6.61 Å². The lowest BCUT2D eigenvalue weighted by Gasteiger charge is -2.25. The zero-order valence-electron chi connectivity index (χ0n) is 14.0. The summed E-state index contributed by atoms with van der Waals surface area (Å²) in [5.74, 6) is 1.61. The number of hydrogen-bond donors (Lipinski definition) is 2. The summed E-state index contributed by atoms with van der Waals surface area (Å²) in [7, 11) is 0. The van der Waals surface area contributed by atoms with E-state index in [2.05, 4.69) is 34.9 Å². The number of benzene rings is 2. The van der Waals surface area contributed by atoms with E-state index in [4.69, 9.17) is 9.47 Å². The number of halogens is 1. The van der Waals surface area contributed by atoms with Gasteiger partial charge in [0.1, 0.15) is 6.61 Å². The molecule has 24 heavy (non-hydrogen) atoms. The van der Waals surface area contributed by atoms with Gasteiger partial charge in [0.2, 0.25) is 0 Å². The third-order valence-electron chi connectivity index (χ3n) is 3.95. The van der Waals surface area contributed by atoms with Crippen molar-refractivity contribution in [2.45, 2.75) is 19.6 Å². The third-order valence-corrected chi connectivity index (χ3v) is 3.95. The largest absolute Gasteiger partial charge is 0.490 e. The molecular weight excluding hydrogens is 324 g/mol. The van der Waals surface area contributed by atoms with Gasteiger partial charge in [-0.05, 0) is 30.2 Å². The lowest BCUT2D eigenvalue weighted by atomic mass is 10.0. The molecule has 2 aromatic rings. The van der Waals surface area contributed by atoms with E-state index in [9.17, 15) is 0 Å². The van der Waals surface area contributed by atoms with E-state index in [0.717, 1.165) is 36.7 Å². The lowest BCUT2D eigenvalue weighted by Crippen LogP contribution is -2.42. The fourth-order valence-corrected chi connectivity index (χ4v) is 2.75. The molecule has 0 aliphatic carbocycles. The van der Waals surface area contributed by atoms with Crippen LogP contribution in [0.15, 0.2) is 48.5 Å². The molecule has 1 fully saturated rings. The summed E-state index contributed by atoms with van der Waals surface area (Å²) in [6.45, 7) is 6.11. The normalized spacial score (nSPS) is 17.0. The summed E-state index contributed by atoms with van der Waals surface area (Å²) in [6, 6.07) is 16.7. The topological polar surface area (TPSA) is 42.5 Å². The molecule has 2 aromatic carbocycles.